The zero-order valence-corrected chi connectivity index (χ0v) is 13.2. The molecule has 0 aromatic carbocycles. The summed E-state index contributed by atoms with van der Waals surface area (Å²) in [6, 6.07) is 1.02. The molecule has 4 heteroatoms. The smallest absolute Gasteiger partial charge is 0.222 e. The van der Waals surface area contributed by atoms with Crippen LogP contribution in [0.4, 0.5) is 0 Å². The lowest BCUT2D eigenvalue weighted by molar-refractivity contribution is -0.133. The first-order chi connectivity index (χ1) is 9.56. The molecule has 0 bridgehead atoms. The number of likely N-dealkylation sites (tertiary alicyclic amines) is 1. The maximum absolute atomic E-state index is 12.3. The van der Waals surface area contributed by atoms with Crippen LogP contribution in [0, 0.1) is 5.92 Å². The normalized spacial score (nSPS) is 28.9. The highest BCUT2D eigenvalue weighted by Crippen LogP contribution is 2.27. The summed E-state index contributed by atoms with van der Waals surface area (Å²) >= 11 is 0. The van der Waals surface area contributed by atoms with E-state index in [9.17, 15) is 4.79 Å². The van der Waals surface area contributed by atoms with E-state index in [4.69, 9.17) is 5.73 Å². The highest BCUT2D eigenvalue weighted by Gasteiger charge is 2.25. The van der Waals surface area contributed by atoms with E-state index in [0.29, 0.717) is 23.9 Å². The molecule has 0 spiro atoms. The molecule has 0 aromatic heterocycles. The Morgan fingerprint density at radius 2 is 1.90 bits per heavy atom. The van der Waals surface area contributed by atoms with Crippen molar-refractivity contribution >= 4 is 5.91 Å². The summed E-state index contributed by atoms with van der Waals surface area (Å²) in [7, 11) is 4.27. The van der Waals surface area contributed by atoms with Crippen molar-refractivity contribution in [2.24, 2.45) is 11.7 Å². The number of carbonyl (C=O) groups excluding carboxylic acids is 1. The van der Waals surface area contributed by atoms with E-state index in [1.54, 1.807) is 0 Å². The SMILES string of the molecule is CN(C)C1CCN(C(=O)CCC2CCCC(N)C2)CC1. The lowest BCUT2D eigenvalue weighted by atomic mass is 9.83. The van der Waals surface area contributed by atoms with E-state index < -0.39 is 0 Å². The van der Waals surface area contributed by atoms with Gasteiger partial charge in [0, 0.05) is 31.6 Å². The van der Waals surface area contributed by atoms with Gasteiger partial charge in [0.15, 0.2) is 0 Å². The summed E-state index contributed by atoms with van der Waals surface area (Å²) in [5, 5.41) is 0. The average Bonchev–Trinajstić information content (AvgIpc) is 2.45. The van der Waals surface area contributed by atoms with Gasteiger partial charge in [-0.25, -0.2) is 0 Å². The van der Waals surface area contributed by atoms with Crippen LogP contribution >= 0.6 is 0 Å². The summed E-state index contributed by atoms with van der Waals surface area (Å²) in [6.45, 7) is 1.87. The van der Waals surface area contributed by atoms with E-state index in [1.165, 1.54) is 19.3 Å². The van der Waals surface area contributed by atoms with Gasteiger partial charge in [-0.2, -0.15) is 0 Å². The zero-order chi connectivity index (χ0) is 14.5. The topological polar surface area (TPSA) is 49.6 Å². The molecule has 1 amide bonds. The molecule has 2 atom stereocenters. The molecule has 0 radical (unpaired) electrons. The van der Waals surface area contributed by atoms with Crippen LogP contribution < -0.4 is 5.73 Å². The van der Waals surface area contributed by atoms with Gasteiger partial charge in [-0.05, 0) is 52.1 Å². The first kappa shape index (κ1) is 15.8. The first-order valence-corrected chi connectivity index (χ1v) is 8.26. The minimum Gasteiger partial charge on any atom is -0.343 e. The number of nitrogens with zero attached hydrogens (tertiary/aromatic N) is 2. The van der Waals surface area contributed by atoms with Crippen LogP contribution in [0.25, 0.3) is 0 Å². The fourth-order valence-electron chi connectivity index (χ4n) is 3.71. The molecule has 1 heterocycles. The predicted octanol–water partition coefficient (Wildman–Crippen LogP) is 1.84. The molecule has 1 aliphatic carbocycles. The monoisotopic (exact) mass is 281 g/mol. The van der Waals surface area contributed by atoms with Crippen molar-refractivity contribution in [1.29, 1.82) is 0 Å². The largest absolute Gasteiger partial charge is 0.343 e. The minimum absolute atomic E-state index is 0.362. The minimum atomic E-state index is 0.362. The first-order valence-electron chi connectivity index (χ1n) is 8.26. The molecule has 2 fully saturated rings. The molecule has 116 valence electrons. The quantitative estimate of drug-likeness (QED) is 0.855. The summed E-state index contributed by atoms with van der Waals surface area (Å²) in [5.74, 6) is 1.04. The molecule has 1 saturated carbocycles. The standard InChI is InChI=1S/C16H31N3O/c1-18(2)15-8-10-19(11-9-15)16(20)7-6-13-4-3-5-14(17)12-13/h13-15H,3-12,17H2,1-2H3. The second kappa shape index (κ2) is 7.41. The fraction of sp³-hybridized carbons (Fsp3) is 0.938. The van der Waals surface area contributed by atoms with Crippen molar-refractivity contribution in [3.8, 4) is 0 Å². The lowest BCUT2D eigenvalue weighted by Gasteiger charge is -2.35. The van der Waals surface area contributed by atoms with Crippen molar-refractivity contribution in [3.05, 3.63) is 0 Å². The Balaban J connectivity index is 1.68. The second-order valence-corrected chi connectivity index (χ2v) is 6.91. The molecule has 2 aliphatic rings. The van der Waals surface area contributed by atoms with Gasteiger partial charge in [0.1, 0.15) is 0 Å². The summed E-state index contributed by atoms with van der Waals surface area (Å²) in [5.41, 5.74) is 6.02. The van der Waals surface area contributed by atoms with Crippen LogP contribution in [0.15, 0.2) is 0 Å². The molecule has 0 aromatic rings. The third-order valence-electron chi connectivity index (χ3n) is 5.14. The summed E-state index contributed by atoms with van der Waals surface area (Å²) in [6.07, 6.45) is 8.81. The Kier molecular flexibility index (Phi) is 5.85. The van der Waals surface area contributed by atoms with E-state index in [0.717, 1.165) is 45.2 Å². The average molecular weight is 281 g/mol. The van der Waals surface area contributed by atoms with E-state index in [1.807, 2.05) is 0 Å². The molecule has 2 rings (SSSR count). The van der Waals surface area contributed by atoms with Crippen molar-refractivity contribution in [3.63, 3.8) is 0 Å². The Morgan fingerprint density at radius 1 is 1.20 bits per heavy atom. The van der Waals surface area contributed by atoms with Crippen molar-refractivity contribution in [2.45, 2.75) is 63.5 Å². The number of piperidine rings is 1. The van der Waals surface area contributed by atoms with Crippen molar-refractivity contribution in [1.82, 2.24) is 9.80 Å². The fourth-order valence-corrected chi connectivity index (χ4v) is 3.71. The van der Waals surface area contributed by atoms with Gasteiger partial charge in [0.05, 0.1) is 0 Å². The number of hydrogen-bond acceptors (Lipinski definition) is 3. The van der Waals surface area contributed by atoms with Gasteiger partial charge in [0.25, 0.3) is 0 Å². The van der Waals surface area contributed by atoms with Crippen LogP contribution in [-0.4, -0.2) is 55.0 Å². The maximum Gasteiger partial charge on any atom is 0.222 e. The van der Waals surface area contributed by atoms with Crippen LogP contribution in [0.1, 0.15) is 51.4 Å². The Hall–Kier alpha value is -0.610. The Labute approximate surface area is 123 Å². The van der Waals surface area contributed by atoms with Gasteiger partial charge in [-0.1, -0.05) is 12.8 Å². The number of carbonyl (C=O) groups is 1. The van der Waals surface area contributed by atoms with Crippen molar-refractivity contribution < 1.29 is 4.79 Å². The Morgan fingerprint density at radius 3 is 2.50 bits per heavy atom. The lowest BCUT2D eigenvalue weighted by Crippen LogP contribution is -2.44. The third-order valence-corrected chi connectivity index (χ3v) is 5.14. The van der Waals surface area contributed by atoms with Gasteiger partial charge in [-0.3, -0.25) is 4.79 Å². The third kappa shape index (κ3) is 4.45. The molecule has 4 nitrogen and oxygen atoms in total. The molecular formula is C16H31N3O. The highest BCUT2D eigenvalue weighted by atomic mass is 16.2. The van der Waals surface area contributed by atoms with E-state index in [2.05, 4.69) is 23.9 Å². The van der Waals surface area contributed by atoms with E-state index >= 15 is 0 Å². The van der Waals surface area contributed by atoms with Gasteiger partial charge < -0.3 is 15.5 Å². The molecule has 2 N–H and O–H groups in total. The van der Waals surface area contributed by atoms with Gasteiger partial charge in [0.2, 0.25) is 5.91 Å². The number of hydrogen-bond donors (Lipinski definition) is 1. The number of nitrogens with two attached hydrogens (primary N) is 1. The summed E-state index contributed by atoms with van der Waals surface area (Å²) in [4.78, 5) is 16.6. The Bertz CT molecular complexity index is 311. The maximum atomic E-state index is 12.3. The van der Waals surface area contributed by atoms with E-state index in [-0.39, 0.29) is 0 Å². The number of amides is 1. The predicted molar refractivity (Wildman–Crippen MR) is 82.5 cm³/mol. The molecule has 1 saturated heterocycles. The van der Waals surface area contributed by atoms with Crippen molar-refractivity contribution in [2.75, 3.05) is 27.2 Å². The molecule has 1 aliphatic heterocycles. The highest BCUT2D eigenvalue weighted by molar-refractivity contribution is 5.76. The van der Waals surface area contributed by atoms with Gasteiger partial charge in [-0.15, -0.1) is 0 Å². The van der Waals surface area contributed by atoms with Crippen LogP contribution in [0.2, 0.25) is 0 Å². The second-order valence-electron chi connectivity index (χ2n) is 6.91. The molecular weight excluding hydrogens is 250 g/mol. The van der Waals surface area contributed by atoms with Crippen LogP contribution in [-0.2, 0) is 4.79 Å². The molecule has 20 heavy (non-hydrogen) atoms. The summed E-state index contributed by atoms with van der Waals surface area (Å²) < 4.78 is 0. The van der Waals surface area contributed by atoms with Gasteiger partial charge >= 0.3 is 0 Å². The number of rotatable bonds is 4. The van der Waals surface area contributed by atoms with Crippen LogP contribution in [0.3, 0.4) is 0 Å². The van der Waals surface area contributed by atoms with Crippen LogP contribution in [0.5, 0.6) is 0 Å². The molecule has 2 unspecified atom stereocenters. The zero-order valence-electron chi connectivity index (χ0n) is 13.2.